The van der Waals surface area contributed by atoms with Crippen molar-refractivity contribution in [3.05, 3.63) is 0 Å². The van der Waals surface area contributed by atoms with Gasteiger partial charge in [0.15, 0.2) is 0 Å². The minimum atomic E-state index is -0.908. The summed E-state index contributed by atoms with van der Waals surface area (Å²) in [5, 5.41) is 18.9. The zero-order chi connectivity index (χ0) is 25.9. The lowest BCUT2D eigenvalue weighted by atomic mass is 9.86. The monoisotopic (exact) mass is 492 g/mol. The number of likely N-dealkylation sites (tertiary alicyclic amines) is 1. The topological polar surface area (TPSA) is 128 Å². The molecule has 0 bridgehead atoms. The molecule has 10 nitrogen and oxygen atoms in total. The normalized spacial score (nSPS) is 22.1. The lowest BCUT2D eigenvalue weighted by Crippen LogP contribution is -2.57. The van der Waals surface area contributed by atoms with Gasteiger partial charge >= 0.3 is 6.09 Å². The number of carbonyl (C=O) groups excluding carboxylic acids is 2. The zero-order valence-corrected chi connectivity index (χ0v) is 22.1. The molecule has 2 amide bonds. The van der Waals surface area contributed by atoms with Gasteiger partial charge in [-0.15, -0.1) is 0 Å². The first-order chi connectivity index (χ1) is 16.6. The van der Waals surface area contributed by atoms with E-state index in [1.807, 2.05) is 0 Å². The van der Waals surface area contributed by atoms with Crippen LogP contribution in [0.5, 0.6) is 0 Å². The zero-order valence-electron chi connectivity index (χ0n) is 22.1. The minimum Gasteiger partial charge on any atom is -0.450 e. The van der Waals surface area contributed by atoms with Crippen LogP contribution in [0.3, 0.4) is 0 Å². The van der Waals surface area contributed by atoms with Crippen molar-refractivity contribution in [2.75, 3.05) is 45.9 Å². The molecule has 0 aromatic rings. The van der Waals surface area contributed by atoms with Gasteiger partial charge < -0.3 is 25.0 Å². The van der Waals surface area contributed by atoms with Crippen molar-refractivity contribution in [1.29, 1.82) is 5.26 Å². The maximum atomic E-state index is 13.5. The van der Waals surface area contributed by atoms with Crippen molar-refractivity contribution < 1.29 is 19.1 Å². The van der Waals surface area contributed by atoms with Gasteiger partial charge in [0.25, 0.3) is 0 Å². The van der Waals surface area contributed by atoms with Crippen molar-refractivity contribution in [2.45, 2.75) is 84.4 Å². The summed E-state index contributed by atoms with van der Waals surface area (Å²) in [4.78, 5) is 32.8. The Labute approximate surface area is 210 Å². The van der Waals surface area contributed by atoms with Crippen LogP contribution >= 0.6 is 0 Å². The molecule has 0 aromatic heterocycles. The van der Waals surface area contributed by atoms with Crippen molar-refractivity contribution in [2.24, 2.45) is 10.4 Å². The first-order valence-electron chi connectivity index (χ1n) is 12.9. The van der Waals surface area contributed by atoms with E-state index in [0.717, 1.165) is 32.5 Å². The molecule has 0 spiro atoms. The Balaban J connectivity index is 2.26. The second-order valence-corrected chi connectivity index (χ2v) is 10.6. The average molecular weight is 493 g/mol. The lowest BCUT2D eigenvalue weighted by molar-refractivity contribution is -0.124. The number of ether oxygens (including phenoxy) is 2. The Morgan fingerprint density at radius 1 is 1.31 bits per heavy atom. The molecular formula is C25H44N6O4. The fraction of sp³-hybridized carbons (Fsp3) is 0.840. The number of alkyl carbamates (subject to hydrolysis) is 1. The average Bonchev–Trinajstić information content (AvgIpc) is 2.82. The first-order valence-corrected chi connectivity index (χ1v) is 12.9. The molecule has 2 aliphatic heterocycles. The largest absolute Gasteiger partial charge is 0.450 e. The molecular weight excluding hydrogens is 448 g/mol. The fourth-order valence-electron chi connectivity index (χ4n) is 4.26. The number of amides is 2. The number of hydrogen-bond donors (Lipinski definition) is 3. The maximum absolute atomic E-state index is 13.5. The van der Waals surface area contributed by atoms with Crippen LogP contribution in [0.4, 0.5) is 4.79 Å². The summed E-state index contributed by atoms with van der Waals surface area (Å²) in [6.07, 6.45) is 2.31. The van der Waals surface area contributed by atoms with Crippen LogP contribution in [0.25, 0.3) is 0 Å². The highest BCUT2D eigenvalue weighted by Gasteiger charge is 2.38. The van der Waals surface area contributed by atoms with Gasteiger partial charge in [-0.05, 0) is 51.0 Å². The van der Waals surface area contributed by atoms with Gasteiger partial charge in [0.2, 0.25) is 5.91 Å². The minimum absolute atomic E-state index is 0.00984. The van der Waals surface area contributed by atoms with E-state index < -0.39 is 23.8 Å². The van der Waals surface area contributed by atoms with Crippen LogP contribution in [0, 0.1) is 16.7 Å². The number of aliphatic imine (C=N–C) groups is 1. The van der Waals surface area contributed by atoms with E-state index in [9.17, 15) is 14.9 Å². The molecule has 198 valence electrons. The van der Waals surface area contributed by atoms with Gasteiger partial charge in [-0.1, -0.05) is 27.7 Å². The molecule has 2 rings (SSSR count). The van der Waals surface area contributed by atoms with Crippen LogP contribution in [-0.2, 0) is 14.3 Å². The van der Waals surface area contributed by atoms with Gasteiger partial charge in [-0.3, -0.25) is 15.1 Å². The van der Waals surface area contributed by atoms with Crippen molar-refractivity contribution >= 4 is 17.8 Å². The van der Waals surface area contributed by atoms with Crippen LogP contribution < -0.4 is 16.0 Å². The molecule has 2 fully saturated rings. The fourth-order valence-corrected chi connectivity index (χ4v) is 4.26. The van der Waals surface area contributed by atoms with Gasteiger partial charge in [0.05, 0.1) is 19.3 Å². The smallest absolute Gasteiger partial charge is 0.412 e. The summed E-state index contributed by atoms with van der Waals surface area (Å²) in [7, 11) is 0. The number of piperidine rings is 1. The number of nitrogens with zero attached hydrogens (tertiary/aromatic N) is 3. The number of morpholine rings is 1. The quantitative estimate of drug-likeness (QED) is 0.332. The van der Waals surface area contributed by atoms with Crippen LogP contribution in [0.2, 0.25) is 0 Å². The molecule has 2 unspecified atom stereocenters. The predicted molar refractivity (Wildman–Crippen MR) is 135 cm³/mol. The molecule has 10 heteroatoms. The second-order valence-electron chi connectivity index (χ2n) is 10.6. The molecule has 2 aliphatic rings. The Kier molecular flexibility index (Phi) is 11.4. The highest BCUT2D eigenvalue weighted by molar-refractivity contribution is 5.99. The molecule has 3 N–H and O–H groups in total. The molecule has 2 saturated heterocycles. The van der Waals surface area contributed by atoms with E-state index in [0.29, 0.717) is 39.0 Å². The third-order valence-electron chi connectivity index (χ3n) is 6.33. The third-order valence-corrected chi connectivity index (χ3v) is 6.33. The molecule has 0 aliphatic carbocycles. The second kappa shape index (κ2) is 13.8. The molecule has 0 saturated carbocycles. The van der Waals surface area contributed by atoms with E-state index >= 15 is 0 Å². The van der Waals surface area contributed by atoms with Gasteiger partial charge in [0, 0.05) is 26.2 Å². The van der Waals surface area contributed by atoms with Crippen molar-refractivity contribution in [3.63, 3.8) is 0 Å². The molecule has 0 aromatic carbocycles. The van der Waals surface area contributed by atoms with E-state index in [4.69, 9.17) is 14.5 Å². The van der Waals surface area contributed by atoms with Crippen LogP contribution in [-0.4, -0.2) is 86.4 Å². The number of hydrogen-bond acceptors (Lipinski definition) is 8. The third kappa shape index (κ3) is 9.74. The molecule has 35 heavy (non-hydrogen) atoms. The molecule has 2 heterocycles. The highest BCUT2D eigenvalue weighted by Crippen LogP contribution is 2.25. The highest BCUT2D eigenvalue weighted by atomic mass is 16.5. The standard InChI is InChI=1S/C25H44N6O4/c1-6-13-31-14-10-25(18-26,11-15-31)30-22(32)19(8-9-24(3,4)5)28-21(29-23(33)34-7-2)20-17-27-12-16-35-20/h19-20,27H,6-17H2,1-5H3,(H,30,32)(H,28,29,33). The number of amidine groups is 1. The Bertz CT molecular complexity index is 759. The maximum Gasteiger partial charge on any atom is 0.412 e. The van der Waals surface area contributed by atoms with Crippen molar-refractivity contribution in [3.8, 4) is 6.07 Å². The Morgan fingerprint density at radius 3 is 2.57 bits per heavy atom. The van der Waals surface area contributed by atoms with Gasteiger partial charge in [-0.25, -0.2) is 4.79 Å². The van der Waals surface area contributed by atoms with E-state index in [1.165, 1.54) is 0 Å². The summed E-state index contributed by atoms with van der Waals surface area (Å²) in [5.74, 6) is -0.0276. The van der Waals surface area contributed by atoms with Gasteiger partial charge in [-0.2, -0.15) is 5.26 Å². The summed E-state index contributed by atoms with van der Waals surface area (Å²) in [6, 6.07) is 1.60. The summed E-state index contributed by atoms with van der Waals surface area (Å²) in [6.45, 7) is 14.6. The van der Waals surface area contributed by atoms with Crippen LogP contribution in [0.1, 0.15) is 66.7 Å². The number of nitrogens with one attached hydrogen (secondary N) is 3. The van der Waals surface area contributed by atoms with E-state index in [2.05, 4.69) is 54.6 Å². The molecule has 0 radical (unpaired) electrons. The van der Waals surface area contributed by atoms with Gasteiger partial charge in [0.1, 0.15) is 23.5 Å². The van der Waals surface area contributed by atoms with E-state index in [1.54, 1.807) is 6.92 Å². The summed E-state index contributed by atoms with van der Waals surface area (Å²) < 4.78 is 10.9. The Morgan fingerprint density at radius 2 is 2.03 bits per heavy atom. The predicted octanol–water partition coefficient (Wildman–Crippen LogP) is 2.20. The Hall–Kier alpha value is -2.22. The van der Waals surface area contributed by atoms with E-state index in [-0.39, 0.29) is 23.8 Å². The number of rotatable bonds is 9. The van der Waals surface area contributed by atoms with Crippen molar-refractivity contribution in [1.82, 2.24) is 20.9 Å². The number of nitriles is 1. The summed E-state index contributed by atoms with van der Waals surface area (Å²) >= 11 is 0. The SMILES string of the molecule is CCCN1CCC(C#N)(NC(=O)C(CCC(C)(C)C)N=C(NC(=O)OCC)C2CNCCO2)CC1. The van der Waals surface area contributed by atoms with Crippen LogP contribution in [0.15, 0.2) is 4.99 Å². The summed E-state index contributed by atoms with van der Waals surface area (Å²) in [5.41, 5.74) is -0.918. The number of carbonyl (C=O) groups is 2. The first kappa shape index (κ1) is 29.0. The molecule has 2 atom stereocenters. The lowest BCUT2D eigenvalue weighted by Gasteiger charge is -2.38.